The second-order valence-electron chi connectivity index (χ2n) is 7.79. The molecule has 1 fully saturated rings. The van der Waals surface area contributed by atoms with E-state index in [-0.39, 0.29) is 11.8 Å². The molecule has 2 aromatic carbocycles. The van der Waals surface area contributed by atoms with Crippen LogP contribution < -0.4 is 10.6 Å². The van der Waals surface area contributed by atoms with E-state index in [4.69, 9.17) is 0 Å². The molecule has 0 radical (unpaired) electrons. The van der Waals surface area contributed by atoms with Crippen molar-refractivity contribution >= 4 is 16.8 Å². The van der Waals surface area contributed by atoms with Crippen LogP contribution in [-0.4, -0.2) is 30.5 Å². The lowest BCUT2D eigenvalue weighted by atomic mass is 9.90. The topological polar surface area (TPSA) is 56.9 Å². The Morgan fingerprint density at radius 1 is 1.04 bits per heavy atom. The molecule has 2 heterocycles. The minimum atomic E-state index is 0.139. The summed E-state index contributed by atoms with van der Waals surface area (Å²) in [4.78, 5) is 15.9. The number of aromatic amines is 1. The van der Waals surface area contributed by atoms with Gasteiger partial charge < -0.3 is 15.6 Å². The number of H-pyrrole nitrogens is 1. The fraction of sp³-hybridized carbons (Fsp3) is 0.375. The van der Waals surface area contributed by atoms with E-state index in [9.17, 15) is 4.79 Å². The molecule has 3 N–H and O–H groups in total. The maximum absolute atomic E-state index is 12.5. The van der Waals surface area contributed by atoms with Gasteiger partial charge >= 0.3 is 0 Å². The van der Waals surface area contributed by atoms with E-state index in [1.54, 1.807) is 0 Å². The first-order chi connectivity index (χ1) is 13.8. The quantitative estimate of drug-likeness (QED) is 0.580. The summed E-state index contributed by atoms with van der Waals surface area (Å²) in [5, 5.41) is 7.82. The highest BCUT2D eigenvalue weighted by molar-refractivity contribution is 5.84. The lowest BCUT2D eigenvalue weighted by Crippen LogP contribution is -2.31. The smallest absolute Gasteiger partial charge is 0.220 e. The zero-order valence-corrected chi connectivity index (χ0v) is 16.3. The number of nitrogens with one attached hydrogen (secondary N) is 3. The van der Waals surface area contributed by atoms with Gasteiger partial charge in [0.1, 0.15) is 0 Å². The average Bonchev–Trinajstić information content (AvgIpc) is 3.18. The summed E-state index contributed by atoms with van der Waals surface area (Å²) in [5.74, 6) is 0.991. The highest BCUT2D eigenvalue weighted by atomic mass is 16.1. The normalized spacial score (nSPS) is 16.1. The van der Waals surface area contributed by atoms with Crippen molar-refractivity contribution in [3.05, 3.63) is 71.9 Å². The SMILES string of the molecule is O=C(CCC1CCNCC1)NCC(c1ccccc1)c1c[nH]c2ccccc12. The maximum Gasteiger partial charge on any atom is 0.220 e. The first-order valence-corrected chi connectivity index (χ1v) is 10.4. The van der Waals surface area contributed by atoms with Crippen LogP contribution in [0.25, 0.3) is 10.9 Å². The second-order valence-corrected chi connectivity index (χ2v) is 7.79. The zero-order valence-electron chi connectivity index (χ0n) is 16.3. The summed E-state index contributed by atoms with van der Waals surface area (Å²) < 4.78 is 0. The van der Waals surface area contributed by atoms with Crippen LogP contribution >= 0.6 is 0 Å². The van der Waals surface area contributed by atoms with Crippen LogP contribution in [-0.2, 0) is 4.79 Å². The second kappa shape index (κ2) is 9.07. The first kappa shape index (κ1) is 18.8. The van der Waals surface area contributed by atoms with E-state index in [1.165, 1.54) is 29.4 Å². The molecule has 4 heteroatoms. The van der Waals surface area contributed by atoms with Gasteiger partial charge in [-0.1, -0.05) is 48.5 Å². The number of aromatic nitrogens is 1. The molecular weight excluding hydrogens is 346 g/mol. The van der Waals surface area contributed by atoms with Crippen molar-refractivity contribution in [3.63, 3.8) is 0 Å². The summed E-state index contributed by atoms with van der Waals surface area (Å²) in [6, 6.07) is 18.8. The van der Waals surface area contributed by atoms with E-state index in [1.807, 2.05) is 12.1 Å². The molecular formula is C24H29N3O. The van der Waals surface area contributed by atoms with Gasteiger partial charge in [-0.2, -0.15) is 0 Å². The van der Waals surface area contributed by atoms with Crippen LogP contribution in [0.4, 0.5) is 0 Å². The van der Waals surface area contributed by atoms with Gasteiger partial charge in [0, 0.05) is 36.0 Å². The van der Waals surface area contributed by atoms with Gasteiger partial charge in [0.25, 0.3) is 0 Å². The largest absolute Gasteiger partial charge is 0.361 e. The van der Waals surface area contributed by atoms with E-state index in [2.05, 4.69) is 64.3 Å². The van der Waals surface area contributed by atoms with Gasteiger partial charge in [-0.25, -0.2) is 0 Å². The van der Waals surface area contributed by atoms with Crippen LogP contribution in [0.3, 0.4) is 0 Å². The number of carbonyl (C=O) groups excluding carboxylic acids is 1. The molecule has 1 aliphatic rings. The maximum atomic E-state index is 12.5. The predicted octanol–water partition coefficient (Wildman–Crippen LogP) is 4.20. The molecule has 1 saturated heterocycles. The van der Waals surface area contributed by atoms with Crippen molar-refractivity contribution in [2.75, 3.05) is 19.6 Å². The lowest BCUT2D eigenvalue weighted by Gasteiger charge is -2.22. The first-order valence-electron chi connectivity index (χ1n) is 10.4. The number of carbonyl (C=O) groups is 1. The minimum absolute atomic E-state index is 0.139. The van der Waals surface area contributed by atoms with Crippen molar-refractivity contribution in [1.82, 2.24) is 15.6 Å². The Morgan fingerprint density at radius 2 is 1.79 bits per heavy atom. The van der Waals surface area contributed by atoms with E-state index in [0.717, 1.165) is 25.0 Å². The Kier molecular flexibility index (Phi) is 6.07. The van der Waals surface area contributed by atoms with Crippen molar-refractivity contribution in [2.24, 2.45) is 5.92 Å². The fourth-order valence-electron chi connectivity index (χ4n) is 4.28. The zero-order chi connectivity index (χ0) is 19.2. The van der Waals surface area contributed by atoms with E-state index < -0.39 is 0 Å². The summed E-state index contributed by atoms with van der Waals surface area (Å²) in [6.45, 7) is 2.79. The number of benzene rings is 2. The number of fused-ring (bicyclic) bond motifs is 1. The predicted molar refractivity (Wildman–Crippen MR) is 114 cm³/mol. The molecule has 1 aliphatic heterocycles. The van der Waals surface area contributed by atoms with E-state index >= 15 is 0 Å². The Bertz CT molecular complexity index is 896. The Labute approximate surface area is 166 Å². The molecule has 1 atom stereocenters. The third kappa shape index (κ3) is 4.45. The minimum Gasteiger partial charge on any atom is -0.361 e. The van der Waals surface area contributed by atoms with Gasteiger partial charge in [-0.15, -0.1) is 0 Å². The molecule has 0 aliphatic carbocycles. The highest BCUT2D eigenvalue weighted by Crippen LogP contribution is 2.30. The summed E-state index contributed by atoms with van der Waals surface area (Å²) >= 11 is 0. The van der Waals surface area contributed by atoms with Crippen molar-refractivity contribution < 1.29 is 4.79 Å². The number of para-hydroxylation sites is 1. The fourth-order valence-corrected chi connectivity index (χ4v) is 4.28. The third-order valence-corrected chi connectivity index (χ3v) is 5.94. The molecule has 1 amide bonds. The highest BCUT2D eigenvalue weighted by Gasteiger charge is 2.20. The molecule has 1 unspecified atom stereocenters. The Morgan fingerprint density at radius 3 is 2.61 bits per heavy atom. The summed E-state index contributed by atoms with van der Waals surface area (Å²) in [6.07, 6.45) is 6.09. The number of rotatable bonds is 7. The van der Waals surface area contributed by atoms with Gasteiger partial charge in [-0.3, -0.25) is 4.79 Å². The van der Waals surface area contributed by atoms with Crippen LogP contribution in [0, 0.1) is 5.92 Å². The van der Waals surface area contributed by atoms with Crippen LogP contribution in [0.2, 0.25) is 0 Å². The van der Waals surface area contributed by atoms with Gasteiger partial charge in [-0.05, 0) is 55.5 Å². The molecule has 3 aromatic rings. The molecule has 4 nitrogen and oxygen atoms in total. The number of amides is 1. The van der Waals surface area contributed by atoms with Crippen molar-refractivity contribution in [2.45, 2.75) is 31.6 Å². The molecule has 0 saturated carbocycles. The standard InChI is InChI=1S/C24H29N3O/c28-24(11-10-18-12-14-25-15-13-18)27-16-21(19-6-2-1-3-7-19)22-17-26-23-9-5-4-8-20(22)23/h1-9,17-18,21,25-26H,10-16H2,(H,27,28). The summed E-state index contributed by atoms with van der Waals surface area (Å²) in [7, 11) is 0. The molecule has 0 bridgehead atoms. The number of piperidine rings is 1. The Balaban J connectivity index is 1.45. The van der Waals surface area contributed by atoms with Crippen molar-refractivity contribution in [3.8, 4) is 0 Å². The summed E-state index contributed by atoms with van der Waals surface area (Å²) in [5.41, 5.74) is 3.60. The van der Waals surface area contributed by atoms with Gasteiger partial charge in [0.2, 0.25) is 5.91 Å². The van der Waals surface area contributed by atoms with Gasteiger partial charge in [0.15, 0.2) is 0 Å². The van der Waals surface area contributed by atoms with Gasteiger partial charge in [0.05, 0.1) is 0 Å². The molecule has 1 aromatic heterocycles. The van der Waals surface area contributed by atoms with Crippen LogP contribution in [0.1, 0.15) is 42.7 Å². The molecule has 4 rings (SSSR count). The molecule has 146 valence electrons. The monoisotopic (exact) mass is 375 g/mol. The lowest BCUT2D eigenvalue weighted by molar-refractivity contribution is -0.121. The average molecular weight is 376 g/mol. The third-order valence-electron chi connectivity index (χ3n) is 5.94. The molecule has 0 spiro atoms. The molecule has 28 heavy (non-hydrogen) atoms. The van der Waals surface area contributed by atoms with Crippen molar-refractivity contribution in [1.29, 1.82) is 0 Å². The van der Waals surface area contributed by atoms with E-state index in [0.29, 0.717) is 18.9 Å². The number of hydrogen-bond donors (Lipinski definition) is 3. The Hall–Kier alpha value is -2.59. The van der Waals surface area contributed by atoms with Crippen LogP contribution in [0.15, 0.2) is 60.8 Å². The number of hydrogen-bond acceptors (Lipinski definition) is 2. The van der Waals surface area contributed by atoms with Crippen LogP contribution in [0.5, 0.6) is 0 Å².